The van der Waals surface area contributed by atoms with Gasteiger partial charge in [0.1, 0.15) is 5.75 Å². The maximum absolute atomic E-state index is 12.8. The van der Waals surface area contributed by atoms with E-state index in [0.717, 1.165) is 34.1 Å². The minimum Gasteiger partial charge on any atom is -0.494 e. The van der Waals surface area contributed by atoms with Crippen LogP contribution in [0.4, 0.5) is 5.69 Å². The van der Waals surface area contributed by atoms with E-state index in [4.69, 9.17) is 4.74 Å². The largest absolute Gasteiger partial charge is 0.494 e. The summed E-state index contributed by atoms with van der Waals surface area (Å²) in [6.07, 6.45) is 1.35. The molecule has 2 aromatic rings. The van der Waals surface area contributed by atoms with Crippen LogP contribution in [0.15, 0.2) is 47.4 Å². The second-order valence-electron chi connectivity index (χ2n) is 7.29. The first-order chi connectivity index (χ1) is 14.2. The number of fused-ring (bicyclic) bond motifs is 2. The third-order valence-corrected chi connectivity index (χ3v) is 6.48. The van der Waals surface area contributed by atoms with Crippen LogP contribution in [-0.2, 0) is 22.6 Å². The summed E-state index contributed by atoms with van der Waals surface area (Å²) in [5.74, 6) is 1.81. The van der Waals surface area contributed by atoms with Gasteiger partial charge in [0, 0.05) is 43.1 Å². The highest BCUT2D eigenvalue weighted by Crippen LogP contribution is 2.34. The fourth-order valence-electron chi connectivity index (χ4n) is 3.94. The van der Waals surface area contributed by atoms with Gasteiger partial charge >= 0.3 is 0 Å². The first kappa shape index (κ1) is 19.8. The second-order valence-corrected chi connectivity index (χ2v) is 8.43. The van der Waals surface area contributed by atoms with Crippen molar-refractivity contribution in [2.24, 2.45) is 0 Å². The van der Waals surface area contributed by atoms with Crippen molar-refractivity contribution in [1.29, 1.82) is 0 Å². The summed E-state index contributed by atoms with van der Waals surface area (Å²) in [6, 6.07) is 14.1. The minimum atomic E-state index is 0.0298. The average Bonchev–Trinajstić information content (AvgIpc) is 2.76. The van der Waals surface area contributed by atoms with Gasteiger partial charge in [-0.1, -0.05) is 18.2 Å². The van der Waals surface area contributed by atoms with Gasteiger partial charge in [-0.25, -0.2) is 0 Å². The van der Waals surface area contributed by atoms with Crippen molar-refractivity contribution in [2.75, 3.05) is 30.3 Å². The lowest BCUT2D eigenvalue weighted by Gasteiger charge is -2.31. The summed E-state index contributed by atoms with van der Waals surface area (Å²) in [5, 5.41) is 0. The molecule has 0 atom stereocenters. The predicted molar refractivity (Wildman–Crippen MR) is 115 cm³/mol. The van der Waals surface area contributed by atoms with Crippen LogP contribution >= 0.6 is 11.8 Å². The SMILES string of the molecule is CCOc1ccc2c(c1)CN(C(=O)CCC(=O)N1CCSc3ccccc31)CC2. The van der Waals surface area contributed by atoms with E-state index in [1.54, 1.807) is 11.8 Å². The van der Waals surface area contributed by atoms with Gasteiger partial charge in [0.15, 0.2) is 0 Å². The molecule has 0 unspecified atom stereocenters. The zero-order chi connectivity index (χ0) is 20.2. The predicted octanol–water partition coefficient (Wildman–Crippen LogP) is 3.89. The Labute approximate surface area is 176 Å². The Morgan fingerprint density at radius 1 is 1.03 bits per heavy atom. The van der Waals surface area contributed by atoms with Crippen LogP contribution in [0, 0.1) is 0 Å². The van der Waals surface area contributed by atoms with Gasteiger partial charge in [-0.05, 0) is 48.7 Å². The highest BCUT2D eigenvalue weighted by atomic mass is 32.2. The smallest absolute Gasteiger partial charge is 0.227 e. The monoisotopic (exact) mass is 410 g/mol. The Balaban J connectivity index is 1.36. The molecule has 2 aliphatic rings. The Morgan fingerprint density at radius 3 is 2.72 bits per heavy atom. The summed E-state index contributed by atoms with van der Waals surface area (Å²) >= 11 is 1.78. The molecule has 2 aromatic carbocycles. The molecule has 0 bridgehead atoms. The number of carbonyl (C=O) groups excluding carboxylic acids is 2. The number of benzene rings is 2. The van der Waals surface area contributed by atoms with E-state index < -0.39 is 0 Å². The zero-order valence-electron chi connectivity index (χ0n) is 16.7. The molecule has 0 saturated carbocycles. The number of carbonyl (C=O) groups is 2. The Hall–Kier alpha value is -2.47. The normalized spacial score (nSPS) is 15.5. The number of rotatable bonds is 5. The van der Waals surface area contributed by atoms with Crippen molar-refractivity contribution in [3.63, 3.8) is 0 Å². The molecule has 2 amide bonds. The molecule has 0 fully saturated rings. The summed E-state index contributed by atoms with van der Waals surface area (Å²) in [6.45, 7) is 4.59. The number of para-hydroxylation sites is 1. The topological polar surface area (TPSA) is 49.9 Å². The number of hydrogen-bond acceptors (Lipinski definition) is 4. The molecule has 6 heteroatoms. The summed E-state index contributed by atoms with van der Waals surface area (Å²) < 4.78 is 5.59. The molecule has 0 aliphatic carbocycles. The zero-order valence-corrected chi connectivity index (χ0v) is 17.5. The van der Waals surface area contributed by atoms with Crippen molar-refractivity contribution in [3.8, 4) is 5.75 Å². The molecule has 2 aliphatic heterocycles. The van der Waals surface area contributed by atoms with Gasteiger partial charge in [-0.15, -0.1) is 11.8 Å². The van der Waals surface area contributed by atoms with Crippen molar-refractivity contribution >= 4 is 29.3 Å². The Morgan fingerprint density at radius 2 is 1.86 bits per heavy atom. The summed E-state index contributed by atoms with van der Waals surface area (Å²) in [4.78, 5) is 30.4. The molecule has 0 radical (unpaired) electrons. The standard InChI is InChI=1S/C23H26N2O3S/c1-2-28-19-8-7-17-11-12-24(16-18(17)15-19)22(26)9-10-23(27)25-13-14-29-21-6-4-3-5-20(21)25/h3-8,15H,2,9-14,16H2,1H3. The molecule has 152 valence electrons. The lowest BCUT2D eigenvalue weighted by Crippen LogP contribution is -2.38. The molecule has 0 aromatic heterocycles. The van der Waals surface area contributed by atoms with E-state index in [-0.39, 0.29) is 24.7 Å². The van der Waals surface area contributed by atoms with Crippen LogP contribution in [0.1, 0.15) is 30.9 Å². The molecular weight excluding hydrogens is 384 g/mol. The number of anilines is 1. The number of thioether (sulfide) groups is 1. The highest BCUT2D eigenvalue weighted by Gasteiger charge is 2.25. The van der Waals surface area contributed by atoms with Crippen molar-refractivity contribution in [1.82, 2.24) is 4.90 Å². The van der Waals surface area contributed by atoms with Crippen LogP contribution < -0.4 is 9.64 Å². The number of amides is 2. The fourth-order valence-corrected chi connectivity index (χ4v) is 4.93. The van der Waals surface area contributed by atoms with E-state index in [1.807, 2.05) is 53.1 Å². The summed E-state index contributed by atoms with van der Waals surface area (Å²) in [5.41, 5.74) is 3.39. The van der Waals surface area contributed by atoms with E-state index in [9.17, 15) is 9.59 Å². The Bertz CT molecular complexity index is 915. The van der Waals surface area contributed by atoms with Gasteiger partial charge in [0.2, 0.25) is 11.8 Å². The lowest BCUT2D eigenvalue weighted by atomic mass is 9.99. The molecule has 0 spiro atoms. The molecule has 4 rings (SSSR count). The molecular formula is C23H26N2O3S. The Kier molecular flexibility index (Phi) is 6.09. The second kappa shape index (κ2) is 8.91. The van der Waals surface area contributed by atoms with Crippen molar-refractivity contribution in [3.05, 3.63) is 53.6 Å². The minimum absolute atomic E-state index is 0.0298. The molecule has 0 N–H and O–H groups in total. The molecule has 29 heavy (non-hydrogen) atoms. The molecule has 5 nitrogen and oxygen atoms in total. The van der Waals surface area contributed by atoms with Crippen LogP contribution in [-0.4, -0.2) is 42.2 Å². The first-order valence-electron chi connectivity index (χ1n) is 10.2. The van der Waals surface area contributed by atoms with Crippen LogP contribution in [0.5, 0.6) is 5.75 Å². The average molecular weight is 411 g/mol. The quantitative estimate of drug-likeness (QED) is 0.750. The van der Waals surface area contributed by atoms with Crippen molar-refractivity contribution in [2.45, 2.75) is 37.6 Å². The van der Waals surface area contributed by atoms with Gasteiger partial charge in [-0.2, -0.15) is 0 Å². The fraction of sp³-hybridized carbons (Fsp3) is 0.391. The van der Waals surface area contributed by atoms with E-state index in [0.29, 0.717) is 26.2 Å². The maximum Gasteiger partial charge on any atom is 0.227 e. The van der Waals surface area contributed by atoms with Crippen molar-refractivity contribution < 1.29 is 14.3 Å². The number of nitrogens with zero attached hydrogens (tertiary/aromatic N) is 2. The van der Waals surface area contributed by atoms with E-state index in [2.05, 4.69) is 6.07 Å². The van der Waals surface area contributed by atoms with Gasteiger partial charge < -0.3 is 14.5 Å². The molecule has 0 saturated heterocycles. The first-order valence-corrected chi connectivity index (χ1v) is 11.2. The number of ether oxygens (including phenoxy) is 1. The third kappa shape index (κ3) is 4.42. The lowest BCUT2D eigenvalue weighted by molar-refractivity contribution is -0.134. The maximum atomic E-state index is 12.8. The third-order valence-electron chi connectivity index (χ3n) is 5.44. The number of hydrogen-bond donors (Lipinski definition) is 0. The van der Waals surface area contributed by atoms with Gasteiger partial charge in [0.05, 0.1) is 12.3 Å². The van der Waals surface area contributed by atoms with Gasteiger partial charge in [-0.3, -0.25) is 9.59 Å². The summed E-state index contributed by atoms with van der Waals surface area (Å²) in [7, 11) is 0. The van der Waals surface area contributed by atoms with Crippen LogP contribution in [0.2, 0.25) is 0 Å². The van der Waals surface area contributed by atoms with Crippen LogP contribution in [0.25, 0.3) is 0 Å². The van der Waals surface area contributed by atoms with E-state index in [1.165, 1.54) is 5.56 Å². The van der Waals surface area contributed by atoms with Crippen LogP contribution in [0.3, 0.4) is 0 Å². The van der Waals surface area contributed by atoms with E-state index >= 15 is 0 Å². The van der Waals surface area contributed by atoms with Gasteiger partial charge in [0.25, 0.3) is 0 Å². The molecule has 2 heterocycles. The highest BCUT2D eigenvalue weighted by molar-refractivity contribution is 7.99.